The van der Waals surface area contributed by atoms with Crippen molar-refractivity contribution in [2.75, 3.05) is 18.6 Å². The topological polar surface area (TPSA) is 75.6 Å². The Labute approximate surface area is 187 Å². The number of nitrogens with one attached hydrogen (secondary N) is 1. The molecule has 1 aliphatic rings. The van der Waals surface area contributed by atoms with Gasteiger partial charge in [0.25, 0.3) is 5.91 Å². The predicted molar refractivity (Wildman–Crippen MR) is 119 cm³/mol. The fraction of sp³-hybridized carbons (Fsp3) is 0.333. The number of amides is 1. The van der Waals surface area contributed by atoms with Gasteiger partial charge in [-0.05, 0) is 47.8 Å². The number of halogens is 2. The summed E-state index contributed by atoms with van der Waals surface area (Å²) in [6.45, 7) is 0.109. The van der Waals surface area contributed by atoms with Crippen LogP contribution in [0.5, 0.6) is 5.75 Å². The van der Waals surface area contributed by atoms with Gasteiger partial charge in [-0.15, -0.1) is 23.5 Å². The highest BCUT2D eigenvalue weighted by Gasteiger charge is 2.41. The van der Waals surface area contributed by atoms with E-state index in [1.165, 1.54) is 42.8 Å². The number of carbonyl (C=O) groups excluding carboxylic acids is 1. The quantitative estimate of drug-likeness (QED) is 0.616. The third-order valence-electron chi connectivity index (χ3n) is 4.68. The van der Waals surface area contributed by atoms with Gasteiger partial charge in [0.2, 0.25) is 0 Å². The van der Waals surface area contributed by atoms with Gasteiger partial charge in [0.1, 0.15) is 11.6 Å². The summed E-state index contributed by atoms with van der Waals surface area (Å²) in [6.07, 6.45) is 1.35. The largest absolute Gasteiger partial charge is 0.496 e. The average Bonchev–Trinajstić information content (AvgIpc) is 2.72. The highest BCUT2D eigenvalue weighted by Crippen LogP contribution is 2.45. The lowest BCUT2D eigenvalue weighted by molar-refractivity contribution is -0.137. The molecule has 0 bridgehead atoms. The van der Waals surface area contributed by atoms with E-state index in [0.29, 0.717) is 17.7 Å². The lowest BCUT2D eigenvalue weighted by atomic mass is 10.0. The molecule has 0 aliphatic carbocycles. The first-order chi connectivity index (χ1) is 14.3. The van der Waals surface area contributed by atoms with E-state index in [4.69, 9.17) is 16.3 Å². The van der Waals surface area contributed by atoms with Gasteiger partial charge in [-0.25, -0.2) is 9.18 Å². The molecule has 0 aromatic heterocycles. The Bertz CT molecular complexity index is 951. The number of carboxylic acids is 1. The Morgan fingerprint density at radius 2 is 1.97 bits per heavy atom. The van der Waals surface area contributed by atoms with Crippen molar-refractivity contribution >= 4 is 47.0 Å². The molecule has 2 aromatic rings. The molecule has 160 valence electrons. The molecular weight excluding hydrogens is 449 g/mol. The number of ether oxygens (including phenoxy) is 1. The summed E-state index contributed by atoms with van der Waals surface area (Å²) in [4.78, 5) is 24.3. The molecule has 0 radical (unpaired) electrons. The highest BCUT2D eigenvalue weighted by molar-refractivity contribution is 8.19. The number of carbonyl (C=O) groups is 2. The fourth-order valence-corrected chi connectivity index (χ4v) is 6.37. The summed E-state index contributed by atoms with van der Waals surface area (Å²) in [5.41, 5.74) is 1.42. The summed E-state index contributed by atoms with van der Waals surface area (Å²) >= 11 is 8.65. The zero-order valence-corrected chi connectivity index (χ0v) is 18.6. The maximum atomic E-state index is 14.0. The monoisotopic (exact) mass is 469 g/mol. The van der Waals surface area contributed by atoms with E-state index in [-0.39, 0.29) is 17.1 Å². The van der Waals surface area contributed by atoms with E-state index in [1.807, 2.05) is 12.1 Å². The lowest BCUT2D eigenvalue weighted by Crippen LogP contribution is -2.37. The van der Waals surface area contributed by atoms with Gasteiger partial charge in [-0.2, -0.15) is 0 Å². The van der Waals surface area contributed by atoms with Crippen molar-refractivity contribution in [2.45, 2.75) is 23.5 Å². The van der Waals surface area contributed by atoms with Crippen molar-refractivity contribution in [3.05, 3.63) is 63.9 Å². The van der Waals surface area contributed by atoms with Crippen LogP contribution in [0.3, 0.4) is 0 Å². The normalized spacial score (nSPS) is 15.4. The number of benzene rings is 2. The maximum Gasteiger partial charge on any atom is 0.330 e. The van der Waals surface area contributed by atoms with Crippen LogP contribution in [-0.4, -0.2) is 39.7 Å². The van der Waals surface area contributed by atoms with Crippen LogP contribution in [0.2, 0.25) is 5.02 Å². The third-order valence-corrected chi connectivity index (χ3v) is 8.18. The smallest absolute Gasteiger partial charge is 0.330 e. The molecule has 5 nitrogen and oxygen atoms in total. The Hall–Kier alpha value is -1.90. The first-order valence-corrected chi connectivity index (χ1v) is 11.6. The van der Waals surface area contributed by atoms with Crippen molar-refractivity contribution in [3.63, 3.8) is 0 Å². The SMILES string of the molecule is COc1ccc(CC2(C(=O)O)SCCCS2)cc1CNC(=O)c1ccc(Cl)cc1F. The molecule has 2 aromatic carbocycles. The predicted octanol–water partition coefficient (Wildman–Crippen LogP) is 4.61. The Kier molecular flexibility index (Phi) is 7.55. The maximum absolute atomic E-state index is 14.0. The molecule has 0 spiro atoms. The number of rotatable bonds is 7. The molecule has 3 rings (SSSR count). The Morgan fingerprint density at radius 3 is 2.60 bits per heavy atom. The van der Waals surface area contributed by atoms with Crippen LogP contribution in [0.4, 0.5) is 4.39 Å². The summed E-state index contributed by atoms with van der Waals surface area (Å²) in [5.74, 6) is 0.0771. The van der Waals surface area contributed by atoms with Crippen LogP contribution in [0.25, 0.3) is 0 Å². The highest BCUT2D eigenvalue weighted by atomic mass is 35.5. The van der Waals surface area contributed by atoms with Gasteiger partial charge < -0.3 is 15.2 Å². The molecule has 1 heterocycles. The summed E-state index contributed by atoms with van der Waals surface area (Å²) in [7, 11) is 1.52. The molecule has 30 heavy (non-hydrogen) atoms. The van der Waals surface area contributed by atoms with E-state index in [2.05, 4.69) is 5.32 Å². The Balaban J connectivity index is 1.77. The van der Waals surface area contributed by atoms with Gasteiger partial charge in [0, 0.05) is 23.6 Å². The van der Waals surface area contributed by atoms with Crippen molar-refractivity contribution < 1.29 is 23.8 Å². The molecule has 9 heteroatoms. The lowest BCUT2D eigenvalue weighted by Gasteiger charge is -2.32. The zero-order valence-electron chi connectivity index (χ0n) is 16.2. The molecule has 0 saturated carbocycles. The van der Waals surface area contributed by atoms with Gasteiger partial charge in [0.05, 0.1) is 12.7 Å². The van der Waals surface area contributed by atoms with E-state index >= 15 is 0 Å². The standard InChI is InChI=1S/C21H21ClFNO4S2/c1-28-18-6-3-13(11-21(20(26)27)29-7-2-8-30-21)9-14(18)12-24-19(25)16-5-4-15(22)10-17(16)23/h3-6,9-10H,2,7-8,11-12H2,1H3,(H,24,25)(H,26,27). The molecule has 0 unspecified atom stereocenters. The second kappa shape index (κ2) is 9.94. The molecule has 1 fully saturated rings. The van der Waals surface area contributed by atoms with E-state index in [9.17, 15) is 19.1 Å². The number of aliphatic carboxylic acids is 1. The average molecular weight is 470 g/mol. The summed E-state index contributed by atoms with van der Waals surface area (Å²) in [5, 5.41) is 12.7. The van der Waals surface area contributed by atoms with Crippen molar-refractivity contribution in [1.82, 2.24) is 5.32 Å². The first kappa shape index (κ1) is 22.8. The number of hydrogen-bond acceptors (Lipinski definition) is 5. The minimum atomic E-state index is -0.917. The summed E-state index contributed by atoms with van der Waals surface area (Å²) < 4.78 is 18.4. The van der Waals surface area contributed by atoms with Gasteiger partial charge in [-0.3, -0.25) is 4.79 Å². The summed E-state index contributed by atoms with van der Waals surface area (Å²) in [6, 6.07) is 9.29. The minimum absolute atomic E-state index is 0.102. The zero-order chi connectivity index (χ0) is 21.7. The number of thioether (sulfide) groups is 2. The molecule has 1 aliphatic heterocycles. The molecule has 2 N–H and O–H groups in total. The van der Waals surface area contributed by atoms with Crippen LogP contribution in [0.1, 0.15) is 27.9 Å². The van der Waals surface area contributed by atoms with E-state index in [0.717, 1.165) is 29.6 Å². The first-order valence-electron chi connectivity index (χ1n) is 9.25. The molecular formula is C21H21ClFNO4S2. The molecule has 1 saturated heterocycles. The van der Waals surface area contributed by atoms with Crippen LogP contribution in [-0.2, 0) is 17.8 Å². The van der Waals surface area contributed by atoms with Gasteiger partial charge in [-0.1, -0.05) is 23.7 Å². The van der Waals surface area contributed by atoms with Crippen LogP contribution in [0.15, 0.2) is 36.4 Å². The fourth-order valence-electron chi connectivity index (χ4n) is 3.17. The van der Waals surface area contributed by atoms with Crippen LogP contribution >= 0.6 is 35.1 Å². The number of carboxylic acid groups (broad SMARTS) is 1. The van der Waals surface area contributed by atoms with Crippen molar-refractivity contribution in [3.8, 4) is 5.75 Å². The van der Waals surface area contributed by atoms with E-state index in [1.54, 1.807) is 6.07 Å². The van der Waals surface area contributed by atoms with Gasteiger partial charge in [0.15, 0.2) is 4.08 Å². The molecule has 1 amide bonds. The Morgan fingerprint density at radius 1 is 1.23 bits per heavy atom. The minimum Gasteiger partial charge on any atom is -0.496 e. The molecule has 0 atom stereocenters. The second-order valence-electron chi connectivity index (χ2n) is 6.74. The van der Waals surface area contributed by atoms with E-state index < -0.39 is 21.8 Å². The third kappa shape index (κ3) is 5.22. The van der Waals surface area contributed by atoms with Crippen LogP contribution in [0, 0.1) is 5.82 Å². The van der Waals surface area contributed by atoms with Crippen molar-refractivity contribution in [1.29, 1.82) is 0 Å². The van der Waals surface area contributed by atoms with Crippen molar-refractivity contribution in [2.24, 2.45) is 0 Å². The van der Waals surface area contributed by atoms with Gasteiger partial charge >= 0.3 is 5.97 Å². The number of hydrogen-bond donors (Lipinski definition) is 2. The number of methoxy groups -OCH3 is 1. The second-order valence-corrected chi connectivity index (χ2v) is 10.2. The van der Waals surface area contributed by atoms with Crippen LogP contribution < -0.4 is 10.1 Å².